The van der Waals surface area contributed by atoms with Crippen LogP contribution in [0.5, 0.6) is 0 Å². The second kappa shape index (κ2) is 4.67. The fourth-order valence-corrected chi connectivity index (χ4v) is 2.25. The van der Waals surface area contributed by atoms with E-state index in [1.807, 2.05) is 37.3 Å². The maximum atomic E-state index is 8.96. The van der Waals surface area contributed by atoms with Gasteiger partial charge in [0.05, 0.1) is 5.69 Å². The van der Waals surface area contributed by atoms with Crippen LogP contribution in [0.15, 0.2) is 30.3 Å². The van der Waals surface area contributed by atoms with Crippen molar-refractivity contribution in [3.8, 4) is 6.07 Å². The summed E-state index contributed by atoms with van der Waals surface area (Å²) in [6.45, 7) is 3.77. The Morgan fingerprint density at radius 1 is 1.20 bits per heavy atom. The molecule has 0 bridgehead atoms. The largest absolute Gasteiger partial charge is 0.357 e. The molecule has 3 aromatic rings. The Hall–Kier alpha value is -2.87. The van der Waals surface area contributed by atoms with Crippen molar-refractivity contribution in [1.82, 2.24) is 15.0 Å². The van der Waals surface area contributed by atoms with Crippen LogP contribution in [0.25, 0.3) is 10.9 Å². The minimum absolute atomic E-state index is 0.359. The summed E-state index contributed by atoms with van der Waals surface area (Å²) in [7, 11) is 0. The smallest absolute Gasteiger partial charge is 0.146 e. The first kappa shape index (κ1) is 12.2. The van der Waals surface area contributed by atoms with E-state index >= 15 is 0 Å². The summed E-state index contributed by atoms with van der Waals surface area (Å²) in [5.74, 6) is 1.20. The van der Waals surface area contributed by atoms with E-state index in [4.69, 9.17) is 5.26 Å². The van der Waals surface area contributed by atoms with Crippen molar-refractivity contribution in [3.63, 3.8) is 0 Å². The molecule has 20 heavy (non-hydrogen) atoms. The minimum atomic E-state index is 0.359. The van der Waals surface area contributed by atoms with Crippen molar-refractivity contribution >= 4 is 22.4 Å². The third-order valence-electron chi connectivity index (χ3n) is 3.10. The van der Waals surface area contributed by atoms with Gasteiger partial charge in [0, 0.05) is 22.7 Å². The lowest BCUT2D eigenvalue weighted by Gasteiger charge is -2.06. The van der Waals surface area contributed by atoms with Crippen molar-refractivity contribution in [2.24, 2.45) is 0 Å². The maximum Gasteiger partial charge on any atom is 0.146 e. The van der Waals surface area contributed by atoms with Crippen molar-refractivity contribution in [2.75, 3.05) is 5.32 Å². The van der Waals surface area contributed by atoms with Crippen LogP contribution in [0.3, 0.4) is 0 Å². The zero-order chi connectivity index (χ0) is 14.1. The van der Waals surface area contributed by atoms with Gasteiger partial charge >= 0.3 is 0 Å². The normalized spacial score (nSPS) is 10.4. The summed E-state index contributed by atoms with van der Waals surface area (Å²) < 4.78 is 0. The van der Waals surface area contributed by atoms with E-state index < -0.39 is 0 Å². The number of hydrogen-bond acceptors (Lipinski definition) is 4. The second-order valence-electron chi connectivity index (χ2n) is 4.59. The van der Waals surface area contributed by atoms with Crippen LogP contribution in [0.2, 0.25) is 0 Å². The van der Waals surface area contributed by atoms with Crippen LogP contribution < -0.4 is 5.32 Å². The Morgan fingerprint density at radius 2 is 2.00 bits per heavy atom. The first-order chi connectivity index (χ1) is 9.67. The van der Waals surface area contributed by atoms with E-state index in [2.05, 4.69) is 20.3 Å². The number of nitriles is 1. The van der Waals surface area contributed by atoms with Crippen LogP contribution in [0.4, 0.5) is 11.5 Å². The lowest BCUT2D eigenvalue weighted by molar-refractivity contribution is 1.04. The molecule has 0 unspecified atom stereocenters. The molecule has 5 nitrogen and oxygen atoms in total. The molecule has 0 saturated heterocycles. The van der Waals surface area contributed by atoms with Crippen LogP contribution in [-0.4, -0.2) is 15.0 Å². The van der Waals surface area contributed by atoms with E-state index in [1.165, 1.54) is 0 Å². The number of para-hydroxylation sites is 1. The summed E-state index contributed by atoms with van der Waals surface area (Å²) >= 11 is 0. The standard InChI is InChI=1S/C15H13N5/c1-9-15(12-5-3-4-6-13(12)17-9)20-14-7-11(8-16)18-10(2)19-14/h3-7,17H,1-2H3,(H,18,19,20). The number of rotatable bonds is 2. The summed E-state index contributed by atoms with van der Waals surface area (Å²) in [6, 6.07) is 11.7. The quantitative estimate of drug-likeness (QED) is 0.744. The number of benzene rings is 1. The van der Waals surface area contributed by atoms with Crippen LogP contribution >= 0.6 is 0 Å². The fourth-order valence-electron chi connectivity index (χ4n) is 2.25. The number of nitrogens with zero attached hydrogens (tertiary/aromatic N) is 3. The highest BCUT2D eigenvalue weighted by Gasteiger charge is 2.09. The van der Waals surface area contributed by atoms with Crippen LogP contribution in [-0.2, 0) is 0 Å². The van der Waals surface area contributed by atoms with Crippen molar-refractivity contribution in [3.05, 3.63) is 47.5 Å². The molecule has 3 rings (SSSR count). The number of fused-ring (bicyclic) bond motifs is 1. The zero-order valence-electron chi connectivity index (χ0n) is 11.2. The van der Waals surface area contributed by atoms with Gasteiger partial charge in [-0.25, -0.2) is 9.97 Å². The van der Waals surface area contributed by atoms with Crippen LogP contribution in [0.1, 0.15) is 17.2 Å². The van der Waals surface area contributed by atoms with Crippen LogP contribution in [0, 0.1) is 25.2 Å². The molecule has 0 atom stereocenters. The number of H-pyrrole nitrogens is 1. The van der Waals surface area contributed by atoms with Gasteiger partial charge in [-0.2, -0.15) is 5.26 Å². The van der Waals surface area contributed by atoms with Gasteiger partial charge in [0.1, 0.15) is 23.4 Å². The maximum absolute atomic E-state index is 8.96. The summed E-state index contributed by atoms with van der Waals surface area (Å²) in [5, 5.41) is 13.3. The lowest BCUT2D eigenvalue weighted by atomic mass is 10.2. The molecule has 1 aromatic carbocycles. The van der Waals surface area contributed by atoms with E-state index in [0.717, 1.165) is 22.3 Å². The topological polar surface area (TPSA) is 77.4 Å². The first-order valence-electron chi connectivity index (χ1n) is 6.27. The SMILES string of the molecule is Cc1nc(C#N)cc(Nc2c(C)[nH]c3ccccc23)n1. The molecular formula is C15H13N5. The van der Waals surface area contributed by atoms with E-state index in [1.54, 1.807) is 13.0 Å². The van der Waals surface area contributed by atoms with Gasteiger partial charge < -0.3 is 10.3 Å². The van der Waals surface area contributed by atoms with Gasteiger partial charge in [0.2, 0.25) is 0 Å². The lowest BCUT2D eigenvalue weighted by Crippen LogP contribution is -1.99. The number of aromatic nitrogens is 3. The van der Waals surface area contributed by atoms with Crippen molar-refractivity contribution < 1.29 is 0 Å². The molecule has 5 heteroatoms. The number of aryl methyl sites for hydroxylation is 2. The Labute approximate surface area is 116 Å². The molecular weight excluding hydrogens is 250 g/mol. The zero-order valence-corrected chi connectivity index (χ0v) is 11.2. The molecule has 2 heterocycles. The Bertz CT molecular complexity index is 826. The third kappa shape index (κ3) is 2.08. The predicted molar refractivity (Wildman–Crippen MR) is 77.8 cm³/mol. The average molecular weight is 263 g/mol. The molecule has 2 aromatic heterocycles. The van der Waals surface area contributed by atoms with Crippen molar-refractivity contribution in [2.45, 2.75) is 13.8 Å². The Kier molecular flexibility index (Phi) is 2.84. The molecule has 0 spiro atoms. The number of hydrogen-bond donors (Lipinski definition) is 2. The summed E-state index contributed by atoms with van der Waals surface area (Å²) in [4.78, 5) is 11.7. The number of aromatic amines is 1. The van der Waals surface area contributed by atoms with E-state index in [0.29, 0.717) is 17.3 Å². The van der Waals surface area contributed by atoms with E-state index in [9.17, 15) is 0 Å². The number of nitrogens with one attached hydrogen (secondary N) is 2. The van der Waals surface area contributed by atoms with E-state index in [-0.39, 0.29) is 0 Å². The Morgan fingerprint density at radius 3 is 2.80 bits per heavy atom. The summed E-state index contributed by atoms with van der Waals surface area (Å²) in [6.07, 6.45) is 0. The molecule has 0 fully saturated rings. The van der Waals surface area contributed by atoms with Gasteiger partial charge in [-0.1, -0.05) is 18.2 Å². The third-order valence-corrected chi connectivity index (χ3v) is 3.10. The van der Waals surface area contributed by atoms with Crippen molar-refractivity contribution in [1.29, 1.82) is 5.26 Å². The highest BCUT2D eigenvalue weighted by molar-refractivity contribution is 5.95. The fraction of sp³-hybridized carbons (Fsp3) is 0.133. The molecule has 98 valence electrons. The molecule has 2 N–H and O–H groups in total. The monoisotopic (exact) mass is 263 g/mol. The molecule has 0 aliphatic carbocycles. The molecule has 0 radical (unpaired) electrons. The molecule has 0 aliphatic heterocycles. The molecule has 0 aliphatic rings. The number of anilines is 2. The van der Waals surface area contributed by atoms with Gasteiger partial charge in [-0.15, -0.1) is 0 Å². The highest BCUT2D eigenvalue weighted by Crippen LogP contribution is 2.29. The minimum Gasteiger partial charge on any atom is -0.357 e. The first-order valence-corrected chi connectivity index (χ1v) is 6.27. The summed E-state index contributed by atoms with van der Waals surface area (Å²) in [5.41, 5.74) is 3.43. The van der Waals surface area contributed by atoms with Gasteiger partial charge in [0.25, 0.3) is 0 Å². The van der Waals surface area contributed by atoms with Gasteiger partial charge in [-0.05, 0) is 19.9 Å². The van der Waals surface area contributed by atoms with Gasteiger partial charge in [0.15, 0.2) is 0 Å². The molecule has 0 amide bonds. The van der Waals surface area contributed by atoms with Gasteiger partial charge in [-0.3, -0.25) is 0 Å². The average Bonchev–Trinajstić information content (AvgIpc) is 2.75. The highest BCUT2D eigenvalue weighted by atomic mass is 15.0. The second-order valence-corrected chi connectivity index (χ2v) is 4.59. The predicted octanol–water partition coefficient (Wildman–Crippen LogP) is 3.19. The molecule has 0 saturated carbocycles. The Balaban J connectivity index is 2.08.